The standard InChI is InChI=1S/C6H8N2.C3H8/c1-2-6-7-3-5-8(6)4-1;1-3-2/h3,5H,1-2,4H2;3H2,1-2H3. The van der Waals surface area contributed by atoms with Crippen molar-refractivity contribution in [2.75, 3.05) is 0 Å². The SMILES string of the molecule is CCC.c1cn2c(n1)CCC2. The van der Waals surface area contributed by atoms with E-state index in [0.29, 0.717) is 0 Å². The molecule has 0 N–H and O–H groups in total. The van der Waals surface area contributed by atoms with Gasteiger partial charge in [0.15, 0.2) is 0 Å². The molecule has 0 radical (unpaired) electrons. The highest BCUT2D eigenvalue weighted by Crippen LogP contribution is 2.10. The van der Waals surface area contributed by atoms with Gasteiger partial charge in [-0.15, -0.1) is 0 Å². The van der Waals surface area contributed by atoms with Gasteiger partial charge >= 0.3 is 0 Å². The largest absolute Gasteiger partial charge is 0.335 e. The van der Waals surface area contributed by atoms with Gasteiger partial charge < -0.3 is 4.57 Å². The van der Waals surface area contributed by atoms with E-state index in [2.05, 4.69) is 23.4 Å². The van der Waals surface area contributed by atoms with Crippen LogP contribution in [0.5, 0.6) is 0 Å². The molecule has 0 aromatic carbocycles. The van der Waals surface area contributed by atoms with Crippen LogP contribution in [0.15, 0.2) is 12.4 Å². The Morgan fingerprint density at radius 1 is 1.55 bits per heavy atom. The van der Waals surface area contributed by atoms with E-state index in [1.807, 2.05) is 12.4 Å². The molecule has 2 heteroatoms. The highest BCUT2D eigenvalue weighted by molar-refractivity contribution is 4.96. The van der Waals surface area contributed by atoms with E-state index in [1.54, 1.807) is 0 Å². The Bertz CT molecular complexity index is 185. The van der Waals surface area contributed by atoms with Crippen LogP contribution in [0.4, 0.5) is 0 Å². The summed E-state index contributed by atoms with van der Waals surface area (Å²) < 4.78 is 2.21. The molecule has 62 valence electrons. The van der Waals surface area contributed by atoms with Gasteiger partial charge in [-0.05, 0) is 6.42 Å². The molecule has 0 spiro atoms. The Hall–Kier alpha value is -0.790. The van der Waals surface area contributed by atoms with E-state index in [1.165, 1.54) is 31.6 Å². The lowest BCUT2D eigenvalue weighted by molar-refractivity contribution is 0.750. The number of imidazole rings is 1. The number of hydrogen-bond donors (Lipinski definition) is 0. The van der Waals surface area contributed by atoms with Gasteiger partial charge in [0.1, 0.15) is 5.82 Å². The number of fused-ring (bicyclic) bond motifs is 1. The Morgan fingerprint density at radius 2 is 2.27 bits per heavy atom. The number of nitrogens with zero attached hydrogens (tertiary/aromatic N) is 2. The van der Waals surface area contributed by atoms with Gasteiger partial charge in [-0.25, -0.2) is 4.98 Å². The molecule has 1 aliphatic rings. The zero-order chi connectivity index (χ0) is 8.10. The van der Waals surface area contributed by atoms with Crippen molar-refractivity contribution in [3.8, 4) is 0 Å². The third kappa shape index (κ3) is 2.07. The molecular formula is C9H16N2. The van der Waals surface area contributed by atoms with Crippen LogP contribution in [-0.4, -0.2) is 9.55 Å². The normalized spacial score (nSPS) is 13.6. The molecule has 0 atom stereocenters. The zero-order valence-electron chi connectivity index (χ0n) is 7.38. The Morgan fingerprint density at radius 3 is 2.91 bits per heavy atom. The highest BCUT2D eigenvalue weighted by Gasteiger charge is 2.07. The monoisotopic (exact) mass is 152 g/mol. The van der Waals surface area contributed by atoms with Crippen molar-refractivity contribution < 1.29 is 0 Å². The van der Waals surface area contributed by atoms with E-state index in [4.69, 9.17) is 0 Å². The first-order valence-corrected chi connectivity index (χ1v) is 4.38. The Labute approximate surface area is 68.3 Å². The molecule has 0 aliphatic carbocycles. The summed E-state index contributed by atoms with van der Waals surface area (Å²) in [6.45, 7) is 5.43. The molecule has 0 unspecified atom stereocenters. The molecule has 0 saturated carbocycles. The summed E-state index contributed by atoms with van der Waals surface area (Å²) in [5.41, 5.74) is 0. The molecule has 2 rings (SSSR count). The second kappa shape index (κ2) is 4.16. The maximum absolute atomic E-state index is 4.16. The molecule has 0 saturated heterocycles. The molecule has 0 fully saturated rings. The first-order chi connectivity index (χ1) is 5.38. The van der Waals surface area contributed by atoms with Gasteiger partial charge in [-0.2, -0.15) is 0 Å². The molecule has 1 aliphatic heterocycles. The fourth-order valence-corrected chi connectivity index (χ4v) is 1.18. The summed E-state index contributed by atoms with van der Waals surface area (Å²) in [5.74, 6) is 1.25. The predicted molar refractivity (Wildman–Crippen MR) is 46.5 cm³/mol. The minimum Gasteiger partial charge on any atom is -0.335 e. The van der Waals surface area contributed by atoms with Crippen LogP contribution in [0.1, 0.15) is 32.5 Å². The van der Waals surface area contributed by atoms with Crippen molar-refractivity contribution >= 4 is 0 Å². The lowest BCUT2D eigenvalue weighted by Gasteiger charge is -1.88. The fourth-order valence-electron chi connectivity index (χ4n) is 1.18. The van der Waals surface area contributed by atoms with Crippen LogP contribution >= 0.6 is 0 Å². The fraction of sp³-hybridized carbons (Fsp3) is 0.667. The van der Waals surface area contributed by atoms with Crippen molar-refractivity contribution in [3.05, 3.63) is 18.2 Å². The number of aryl methyl sites for hydroxylation is 2. The Kier molecular flexibility index (Phi) is 3.14. The summed E-state index contributed by atoms with van der Waals surface area (Å²) in [6.07, 6.45) is 7.62. The van der Waals surface area contributed by atoms with Crippen LogP contribution in [0.3, 0.4) is 0 Å². The lowest BCUT2D eigenvalue weighted by Crippen LogP contribution is -1.87. The second-order valence-electron chi connectivity index (χ2n) is 2.85. The van der Waals surface area contributed by atoms with Gasteiger partial charge in [-0.1, -0.05) is 20.3 Å². The molecule has 2 nitrogen and oxygen atoms in total. The highest BCUT2D eigenvalue weighted by atomic mass is 15.1. The van der Waals surface area contributed by atoms with Crippen LogP contribution in [0.2, 0.25) is 0 Å². The minimum absolute atomic E-state index is 1.17. The van der Waals surface area contributed by atoms with Crippen molar-refractivity contribution in [1.82, 2.24) is 9.55 Å². The molecule has 2 heterocycles. The van der Waals surface area contributed by atoms with Crippen LogP contribution in [-0.2, 0) is 13.0 Å². The predicted octanol–water partition coefficient (Wildman–Crippen LogP) is 2.25. The van der Waals surface area contributed by atoms with Crippen molar-refractivity contribution in [1.29, 1.82) is 0 Å². The van der Waals surface area contributed by atoms with Crippen LogP contribution in [0, 0.1) is 0 Å². The number of aromatic nitrogens is 2. The van der Waals surface area contributed by atoms with Gasteiger partial charge in [0.25, 0.3) is 0 Å². The van der Waals surface area contributed by atoms with E-state index >= 15 is 0 Å². The zero-order valence-corrected chi connectivity index (χ0v) is 7.38. The Balaban J connectivity index is 0.000000179. The lowest BCUT2D eigenvalue weighted by atomic mass is 10.4. The summed E-state index contributed by atoms with van der Waals surface area (Å²) in [4.78, 5) is 4.16. The average molecular weight is 152 g/mol. The van der Waals surface area contributed by atoms with Gasteiger partial charge in [0.05, 0.1) is 0 Å². The average Bonchev–Trinajstić information content (AvgIpc) is 2.44. The van der Waals surface area contributed by atoms with Crippen molar-refractivity contribution in [2.45, 2.75) is 39.7 Å². The van der Waals surface area contributed by atoms with Crippen LogP contribution < -0.4 is 0 Å². The summed E-state index contributed by atoms with van der Waals surface area (Å²) in [5, 5.41) is 0. The first kappa shape index (κ1) is 8.31. The maximum Gasteiger partial charge on any atom is 0.108 e. The summed E-state index contributed by atoms with van der Waals surface area (Å²) in [6, 6.07) is 0. The van der Waals surface area contributed by atoms with Gasteiger partial charge in [-0.3, -0.25) is 0 Å². The third-order valence-corrected chi connectivity index (χ3v) is 1.60. The van der Waals surface area contributed by atoms with E-state index in [0.717, 1.165) is 0 Å². The third-order valence-electron chi connectivity index (χ3n) is 1.60. The van der Waals surface area contributed by atoms with Crippen molar-refractivity contribution in [2.24, 2.45) is 0 Å². The summed E-state index contributed by atoms with van der Waals surface area (Å²) in [7, 11) is 0. The van der Waals surface area contributed by atoms with Gasteiger partial charge in [0, 0.05) is 25.4 Å². The number of hydrogen-bond acceptors (Lipinski definition) is 1. The van der Waals surface area contributed by atoms with Gasteiger partial charge in [0.2, 0.25) is 0 Å². The molecule has 11 heavy (non-hydrogen) atoms. The second-order valence-corrected chi connectivity index (χ2v) is 2.85. The number of rotatable bonds is 0. The first-order valence-electron chi connectivity index (χ1n) is 4.38. The topological polar surface area (TPSA) is 17.8 Å². The molecule has 0 amide bonds. The maximum atomic E-state index is 4.16. The smallest absolute Gasteiger partial charge is 0.108 e. The van der Waals surface area contributed by atoms with E-state index < -0.39 is 0 Å². The molecule has 1 aromatic rings. The molecule has 1 aromatic heterocycles. The molecule has 0 bridgehead atoms. The molecular weight excluding hydrogens is 136 g/mol. The van der Waals surface area contributed by atoms with E-state index in [-0.39, 0.29) is 0 Å². The van der Waals surface area contributed by atoms with E-state index in [9.17, 15) is 0 Å². The van der Waals surface area contributed by atoms with Crippen LogP contribution in [0.25, 0.3) is 0 Å². The summed E-state index contributed by atoms with van der Waals surface area (Å²) >= 11 is 0. The minimum atomic E-state index is 1.17. The van der Waals surface area contributed by atoms with Crippen molar-refractivity contribution in [3.63, 3.8) is 0 Å². The quantitative estimate of drug-likeness (QED) is 0.557.